The molecule has 0 atom stereocenters. The Labute approximate surface area is 135 Å². The Hall–Kier alpha value is -2.09. The van der Waals surface area contributed by atoms with Crippen LogP contribution in [0.15, 0.2) is 47.6 Å². The molecule has 0 aliphatic rings. The van der Waals surface area contributed by atoms with Crippen LogP contribution in [0.5, 0.6) is 11.5 Å². The van der Waals surface area contributed by atoms with Gasteiger partial charge >= 0.3 is 0 Å². The predicted octanol–water partition coefficient (Wildman–Crippen LogP) is 2.77. The number of aromatic hydroxyl groups is 1. The maximum Gasteiger partial charge on any atom is 0.272 e. The van der Waals surface area contributed by atoms with E-state index in [0.717, 1.165) is 3.57 Å². The molecule has 1 amide bonds. The van der Waals surface area contributed by atoms with Crippen LogP contribution < -0.4 is 10.2 Å². The van der Waals surface area contributed by atoms with Gasteiger partial charge in [0, 0.05) is 9.13 Å². The highest BCUT2D eigenvalue weighted by molar-refractivity contribution is 14.1. The highest BCUT2D eigenvalue weighted by Gasteiger charge is 2.07. The van der Waals surface area contributed by atoms with Gasteiger partial charge in [0.1, 0.15) is 11.5 Å². The summed E-state index contributed by atoms with van der Waals surface area (Å²) in [6.07, 6.45) is 1.37. The van der Waals surface area contributed by atoms with Gasteiger partial charge < -0.3 is 9.84 Å². The summed E-state index contributed by atoms with van der Waals surface area (Å²) in [5.74, 6) is 0.347. The fraction of sp³-hybridized carbons (Fsp3) is 0.0667. The van der Waals surface area contributed by atoms with Crippen molar-refractivity contribution in [2.24, 2.45) is 5.10 Å². The molecule has 108 valence electrons. The maximum atomic E-state index is 11.9. The van der Waals surface area contributed by atoms with Crippen molar-refractivity contribution in [2.45, 2.75) is 0 Å². The van der Waals surface area contributed by atoms with E-state index in [9.17, 15) is 9.90 Å². The number of hydrogen-bond donors (Lipinski definition) is 2. The number of nitrogens with one attached hydrogen (secondary N) is 1. The van der Waals surface area contributed by atoms with Gasteiger partial charge in [-0.05, 0) is 52.9 Å². The second-order valence-electron chi connectivity index (χ2n) is 4.10. The average molecular weight is 396 g/mol. The third-order valence-electron chi connectivity index (χ3n) is 2.72. The lowest BCUT2D eigenvalue weighted by Crippen LogP contribution is -2.18. The van der Waals surface area contributed by atoms with E-state index in [4.69, 9.17) is 4.74 Å². The molecule has 0 saturated carbocycles. The van der Waals surface area contributed by atoms with Crippen molar-refractivity contribution in [1.29, 1.82) is 0 Å². The van der Waals surface area contributed by atoms with E-state index < -0.39 is 0 Å². The minimum absolute atomic E-state index is 0.0584. The zero-order valence-corrected chi connectivity index (χ0v) is 13.4. The number of benzene rings is 2. The van der Waals surface area contributed by atoms with Gasteiger partial charge in [-0.25, -0.2) is 5.43 Å². The number of hydrazone groups is 1. The lowest BCUT2D eigenvalue weighted by atomic mass is 10.2. The van der Waals surface area contributed by atoms with E-state index in [1.165, 1.54) is 19.4 Å². The minimum Gasteiger partial charge on any atom is -0.507 e. The summed E-state index contributed by atoms with van der Waals surface area (Å²) in [6.45, 7) is 0. The van der Waals surface area contributed by atoms with Gasteiger partial charge in [-0.1, -0.05) is 12.1 Å². The van der Waals surface area contributed by atoms with Gasteiger partial charge in [-0.2, -0.15) is 5.10 Å². The Morgan fingerprint density at radius 1 is 1.33 bits per heavy atom. The zero-order chi connectivity index (χ0) is 15.2. The normalized spacial score (nSPS) is 10.6. The van der Waals surface area contributed by atoms with Gasteiger partial charge in [0.25, 0.3) is 5.91 Å². The molecule has 0 spiro atoms. The first kappa shape index (κ1) is 15.3. The van der Waals surface area contributed by atoms with E-state index in [-0.39, 0.29) is 11.7 Å². The van der Waals surface area contributed by atoms with Gasteiger partial charge in [-0.15, -0.1) is 0 Å². The van der Waals surface area contributed by atoms with Crippen molar-refractivity contribution < 1.29 is 14.6 Å². The van der Waals surface area contributed by atoms with E-state index in [2.05, 4.69) is 33.1 Å². The summed E-state index contributed by atoms with van der Waals surface area (Å²) < 4.78 is 5.90. The molecule has 21 heavy (non-hydrogen) atoms. The number of carbonyl (C=O) groups is 1. The molecule has 6 heteroatoms. The molecule has 0 aliphatic heterocycles. The van der Waals surface area contributed by atoms with Crippen molar-refractivity contribution >= 4 is 34.7 Å². The van der Waals surface area contributed by atoms with Crippen LogP contribution in [0.1, 0.15) is 15.9 Å². The number of methoxy groups -OCH3 is 1. The predicted molar refractivity (Wildman–Crippen MR) is 88.9 cm³/mol. The molecule has 5 nitrogen and oxygen atoms in total. The maximum absolute atomic E-state index is 11.9. The lowest BCUT2D eigenvalue weighted by molar-refractivity contribution is 0.0954. The highest BCUT2D eigenvalue weighted by Crippen LogP contribution is 2.21. The number of nitrogens with zero attached hydrogens (tertiary/aromatic N) is 1. The number of phenolic OH excluding ortho intramolecular Hbond substituents is 1. The fourth-order valence-electron chi connectivity index (χ4n) is 1.63. The SMILES string of the molecule is COc1ccc(O)c(/C=N/NC(=O)c2ccccc2I)c1. The fourth-order valence-corrected chi connectivity index (χ4v) is 2.26. The molecule has 0 aromatic heterocycles. The number of hydrogen-bond acceptors (Lipinski definition) is 4. The Morgan fingerprint density at radius 3 is 2.81 bits per heavy atom. The Balaban J connectivity index is 2.09. The topological polar surface area (TPSA) is 70.9 Å². The Kier molecular flexibility index (Phi) is 5.15. The summed E-state index contributed by atoms with van der Waals surface area (Å²) in [7, 11) is 1.53. The van der Waals surface area contributed by atoms with Crippen molar-refractivity contribution in [3.05, 3.63) is 57.2 Å². The highest BCUT2D eigenvalue weighted by atomic mass is 127. The van der Waals surface area contributed by atoms with Gasteiger partial charge in [0.05, 0.1) is 18.9 Å². The Bertz CT molecular complexity index is 686. The molecular weight excluding hydrogens is 383 g/mol. The van der Waals surface area contributed by atoms with Gasteiger partial charge in [-0.3, -0.25) is 4.79 Å². The molecule has 0 radical (unpaired) electrons. The summed E-state index contributed by atoms with van der Waals surface area (Å²) in [6, 6.07) is 12.0. The summed E-state index contributed by atoms with van der Waals surface area (Å²) in [5.41, 5.74) is 3.43. The van der Waals surface area contributed by atoms with E-state index in [1.54, 1.807) is 24.3 Å². The third-order valence-corrected chi connectivity index (χ3v) is 3.66. The first-order chi connectivity index (χ1) is 10.1. The van der Waals surface area contributed by atoms with E-state index >= 15 is 0 Å². The average Bonchev–Trinajstić information content (AvgIpc) is 2.49. The number of rotatable bonds is 4. The summed E-state index contributed by atoms with van der Waals surface area (Å²) in [4.78, 5) is 11.9. The molecule has 0 bridgehead atoms. The third kappa shape index (κ3) is 3.94. The van der Waals surface area contributed by atoms with Crippen LogP contribution in [0.2, 0.25) is 0 Å². The van der Waals surface area contributed by atoms with Crippen molar-refractivity contribution in [1.82, 2.24) is 5.43 Å². The molecular formula is C15H13IN2O3. The lowest BCUT2D eigenvalue weighted by Gasteiger charge is -2.04. The number of amides is 1. The van der Waals surface area contributed by atoms with Crippen molar-refractivity contribution in [2.75, 3.05) is 7.11 Å². The van der Waals surface area contributed by atoms with E-state index in [0.29, 0.717) is 16.9 Å². The number of phenols is 1. The second kappa shape index (κ2) is 7.07. The number of ether oxygens (including phenoxy) is 1. The smallest absolute Gasteiger partial charge is 0.272 e. The molecule has 2 aromatic carbocycles. The minimum atomic E-state index is -0.307. The van der Waals surface area contributed by atoms with Crippen LogP contribution in [0, 0.1) is 3.57 Å². The van der Waals surface area contributed by atoms with Crippen LogP contribution in [0.4, 0.5) is 0 Å². The first-order valence-electron chi connectivity index (χ1n) is 6.06. The molecule has 2 aromatic rings. The molecule has 2 N–H and O–H groups in total. The van der Waals surface area contributed by atoms with E-state index in [1.807, 2.05) is 12.1 Å². The molecule has 0 heterocycles. The van der Waals surface area contributed by atoms with Gasteiger partial charge in [0.2, 0.25) is 0 Å². The monoisotopic (exact) mass is 396 g/mol. The quantitative estimate of drug-likeness (QED) is 0.475. The van der Waals surface area contributed by atoms with Gasteiger partial charge in [0.15, 0.2) is 0 Å². The summed E-state index contributed by atoms with van der Waals surface area (Å²) in [5, 5.41) is 13.5. The molecule has 0 saturated heterocycles. The van der Waals surface area contributed by atoms with Crippen LogP contribution in [0.3, 0.4) is 0 Å². The van der Waals surface area contributed by atoms with Crippen molar-refractivity contribution in [3.63, 3.8) is 0 Å². The first-order valence-corrected chi connectivity index (χ1v) is 7.14. The standard InChI is InChI=1S/C15H13IN2O3/c1-21-11-6-7-14(19)10(8-11)9-17-18-15(20)12-4-2-3-5-13(12)16/h2-9,19H,1H3,(H,18,20)/b17-9+. The molecule has 0 fully saturated rings. The number of halogens is 1. The van der Waals surface area contributed by atoms with Crippen LogP contribution in [-0.4, -0.2) is 24.3 Å². The molecule has 2 rings (SSSR count). The number of carbonyl (C=O) groups excluding carboxylic acids is 1. The Morgan fingerprint density at radius 2 is 2.10 bits per heavy atom. The second-order valence-corrected chi connectivity index (χ2v) is 5.27. The summed E-state index contributed by atoms with van der Waals surface area (Å²) >= 11 is 2.08. The zero-order valence-electron chi connectivity index (χ0n) is 11.2. The van der Waals surface area contributed by atoms with Crippen LogP contribution in [-0.2, 0) is 0 Å². The van der Waals surface area contributed by atoms with Crippen LogP contribution in [0.25, 0.3) is 0 Å². The van der Waals surface area contributed by atoms with Crippen molar-refractivity contribution in [3.8, 4) is 11.5 Å². The molecule has 0 aliphatic carbocycles. The molecule has 0 unspecified atom stereocenters. The van der Waals surface area contributed by atoms with Crippen LogP contribution >= 0.6 is 22.6 Å². The largest absolute Gasteiger partial charge is 0.507 e.